The Labute approximate surface area is 69.4 Å². The highest BCUT2D eigenvalue weighted by Crippen LogP contribution is 2.31. The first-order valence-corrected chi connectivity index (χ1v) is 4.32. The third kappa shape index (κ3) is 2.40. The lowest BCUT2D eigenvalue weighted by atomic mass is 10.4. The van der Waals surface area contributed by atoms with Crippen LogP contribution in [0, 0.1) is 0 Å². The second-order valence-corrected chi connectivity index (χ2v) is 2.98. The fourth-order valence-electron chi connectivity index (χ4n) is 0.665. The molecule has 0 saturated heterocycles. The molecule has 0 saturated carbocycles. The largest absolute Gasteiger partial charge is 0.497 e. The van der Waals surface area contributed by atoms with Gasteiger partial charge < -0.3 is 15.6 Å². The Morgan fingerprint density at radius 1 is 1.64 bits per heavy atom. The van der Waals surface area contributed by atoms with Crippen molar-refractivity contribution in [2.45, 2.75) is 6.42 Å². The molecule has 1 heterocycles. The number of thiophene rings is 1. The Bertz CT molecular complexity index is 212. The molecule has 0 atom stereocenters. The van der Waals surface area contributed by atoms with Gasteiger partial charge in [-0.1, -0.05) is 0 Å². The van der Waals surface area contributed by atoms with E-state index in [4.69, 9.17) is 15.6 Å². The Hall–Kier alpha value is -0.740. The molecule has 0 aliphatic heterocycles. The lowest BCUT2D eigenvalue weighted by Crippen LogP contribution is -2.05. The van der Waals surface area contributed by atoms with Crippen LogP contribution in [-0.2, 0) is 0 Å². The average molecular weight is 173 g/mol. The maximum Gasteiger partial charge on any atom is 0.214 e. The van der Waals surface area contributed by atoms with Crippen molar-refractivity contribution in [3.63, 3.8) is 0 Å². The highest BCUT2D eigenvalue weighted by molar-refractivity contribution is 7.12. The Balaban J connectivity index is 2.32. The van der Waals surface area contributed by atoms with Crippen molar-refractivity contribution in [3.05, 3.63) is 11.4 Å². The third-order valence-electron chi connectivity index (χ3n) is 1.22. The molecule has 0 amide bonds. The maximum absolute atomic E-state index is 9.11. The van der Waals surface area contributed by atoms with Crippen LogP contribution in [-0.4, -0.2) is 18.3 Å². The standard InChI is InChI=1S/C7H11NO2S/c8-3-1-4-10-6-2-5-11-7(6)9/h2,5,9H,1,3-4,8H2. The predicted molar refractivity (Wildman–Crippen MR) is 45.2 cm³/mol. The Morgan fingerprint density at radius 2 is 2.45 bits per heavy atom. The van der Waals surface area contributed by atoms with Crippen molar-refractivity contribution in [1.29, 1.82) is 0 Å². The van der Waals surface area contributed by atoms with E-state index in [1.54, 1.807) is 11.4 Å². The molecule has 1 rings (SSSR count). The molecule has 1 aromatic rings. The van der Waals surface area contributed by atoms with Crippen molar-refractivity contribution < 1.29 is 9.84 Å². The molecule has 1 aromatic heterocycles. The summed E-state index contributed by atoms with van der Waals surface area (Å²) in [6.07, 6.45) is 0.815. The summed E-state index contributed by atoms with van der Waals surface area (Å²) in [5.41, 5.74) is 5.27. The monoisotopic (exact) mass is 173 g/mol. The first-order chi connectivity index (χ1) is 5.34. The Morgan fingerprint density at radius 3 is 3.00 bits per heavy atom. The van der Waals surface area contributed by atoms with Crippen LogP contribution < -0.4 is 10.5 Å². The van der Waals surface area contributed by atoms with Gasteiger partial charge in [-0.2, -0.15) is 0 Å². The second kappa shape index (κ2) is 4.20. The summed E-state index contributed by atoms with van der Waals surface area (Å²) in [4.78, 5) is 0. The summed E-state index contributed by atoms with van der Waals surface area (Å²) in [6, 6.07) is 1.75. The minimum Gasteiger partial charge on any atom is -0.497 e. The van der Waals surface area contributed by atoms with Crippen molar-refractivity contribution in [2.75, 3.05) is 13.2 Å². The van der Waals surface area contributed by atoms with E-state index in [9.17, 15) is 0 Å². The predicted octanol–water partition coefficient (Wildman–Crippen LogP) is 1.18. The van der Waals surface area contributed by atoms with Crippen LogP contribution in [0.3, 0.4) is 0 Å². The van der Waals surface area contributed by atoms with E-state index in [1.165, 1.54) is 11.3 Å². The Kier molecular flexibility index (Phi) is 3.19. The van der Waals surface area contributed by atoms with Gasteiger partial charge >= 0.3 is 0 Å². The molecule has 0 aliphatic rings. The van der Waals surface area contributed by atoms with E-state index in [0.717, 1.165) is 6.42 Å². The van der Waals surface area contributed by atoms with Gasteiger partial charge in [-0.25, -0.2) is 0 Å². The van der Waals surface area contributed by atoms with Gasteiger partial charge in [0, 0.05) is 0 Å². The number of ether oxygens (including phenoxy) is 1. The van der Waals surface area contributed by atoms with Crippen LogP contribution in [0.4, 0.5) is 0 Å². The molecule has 0 bridgehead atoms. The molecule has 3 nitrogen and oxygen atoms in total. The summed E-state index contributed by atoms with van der Waals surface area (Å²) in [5.74, 6) is 0.559. The highest BCUT2D eigenvalue weighted by atomic mass is 32.1. The molecule has 0 aromatic carbocycles. The van der Waals surface area contributed by atoms with Gasteiger partial charge in [-0.15, -0.1) is 11.3 Å². The molecule has 4 heteroatoms. The maximum atomic E-state index is 9.11. The summed E-state index contributed by atoms with van der Waals surface area (Å²) in [7, 11) is 0. The first kappa shape index (κ1) is 8.36. The van der Waals surface area contributed by atoms with E-state index in [1.807, 2.05) is 0 Å². The van der Waals surface area contributed by atoms with Gasteiger partial charge in [-0.3, -0.25) is 0 Å². The first-order valence-electron chi connectivity index (χ1n) is 3.44. The zero-order valence-electron chi connectivity index (χ0n) is 6.12. The summed E-state index contributed by atoms with van der Waals surface area (Å²) >= 11 is 1.26. The normalized spacial score (nSPS) is 9.91. The molecule has 0 aliphatic carbocycles. The molecular weight excluding hydrogens is 162 g/mol. The molecular formula is C7H11NO2S. The van der Waals surface area contributed by atoms with Gasteiger partial charge in [0.05, 0.1) is 6.61 Å². The molecule has 3 N–H and O–H groups in total. The molecule has 0 spiro atoms. The van der Waals surface area contributed by atoms with Crippen LogP contribution >= 0.6 is 11.3 Å². The van der Waals surface area contributed by atoms with E-state index < -0.39 is 0 Å². The number of nitrogens with two attached hydrogens (primary N) is 1. The molecule has 62 valence electrons. The summed E-state index contributed by atoms with van der Waals surface area (Å²) in [5, 5.41) is 11.1. The van der Waals surface area contributed by atoms with E-state index in [-0.39, 0.29) is 5.06 Å². The van der Waals surface area contributed by atoms with Crippen LogP contribution in [0.1, 0.15) is 6.42 Å². The highest BCUT2D eigenvalue weighted by Gasteiger charge is 2.01. The topological polar surface area (TPSA) is 55.5 Å². The zero-order chi connectivity index (χ0) is 8.10. The molecule has 0 unspecified atom stereocenters. The van der Waals surface area contributed by atoms with Crippen molar-refractivity contribution in [3.8, 4) is 10.8 Å². The van der Waals surface area contributed by atoms with E-state index in [2.05, 4.69) is 0 Å². The fourth-order valence-corrected chi connectivity index (χ4v) is 1.23. The van der Waals surface area contributed by atoms with Crippen LogP contribution in [0.25, 0.3) is 0 Å². The van der Waals surface area contributed by atoms with Crippen molar-refractivity contribution in [1.82, 2.24) is 0 Å². The summed E-state index contributed by atoms with van der Waals surface area (Å²) < 4.78 is 5.20. The van der Waals surface area contributed by atoms with E-state index in [0.29, 0.717) is 18.9 Å². The van der Waals surface area contributed by atoms with Crippen LogP contribution in [0.2, 0.25) is 0 Å². The van der Waals surface area contributed by atoms with Gasteiger partial charge in [0.25, 0.3) is 0 Å². The quantitative estimate of drug-likeness (QED) is 0.672. The minimum absolute atomic E-state index is 0.238. The fraction of sp³-hybridized carbons (Fsp3) is 0.429. The SMILES string of the molecule is NCCCOc1ccsc1O. The lowest BCUT2D eigenvalue weighted by Gasteiger charge is -2.01. The number of hydrogen-bond donors (Lipinski definition) is 2. The smallest absolute Gasteiger partial charge is 0.214 e. The molecule has 11 heavy (non-hydrogen) atoms. The molecule has 0 radical (unpaired) electrons. The van der Waals surface area contributed by atoms with Gasteiger partial charge in [0.15, 0.2) is 5.75 Å². The minimum atomic E-state index is 0.238. The number of aromatic hydroxyl groups is 1. The average Bonchev–Trinajstić information content (AvgIpc) is 2.37. The van der Waals surface area contributed by atoms with E-state index >= 15 is 0 Å². The summed E-state index contributed by atoms with van der Waals surface area (Å²) in [6.45, 7) is 1.19. The van der Waals surface area contributed by atoms with Gasteiger partial charge in [-0.05, 0) is 24.4 Å². The van der Waals surface area contributed by atoms with Gasteiger partial charge in [0.1, 0.15) is 0 Å². The third-order valence-corrected chi connectivity index (χ3v) is 1.91. The van der Waals surface area contributed by atoms with Crippen molar-refractivity contribution >= 4 is 11.3 Å². The van der Waals surface area contributed by atoms with Crippen LogP contribution in [0.15, 0.2) is 11.4 Å². The van der Waals surface area contributed by atoms with Gasteiger partial charge in [0.2, 0.25) is 5.06 Å². The van der Waals surface area contributed by atoms with Crippen molar-refractivity contribution in [2.24, 2.45) is 5.73 Å². The number of rotatable bonds is 4. The lowest BCUT2D eigenvalue weighted by molar-refractivity contribution is 0.300. The number of hydrogen-bond acceptors (Lipinski definition) is 4. The molecule has 0 fully saturated rings. The van der Waals surface area contributed by atoms with Crippen LogP contribution in [0.5, 0.6) is 10.8 Å². The zero-order valence-corrected chi connectivity index (χ0v) is 6.93. The second-order valence-electron chi connectivity index (χ2n) is 2.08.